The SMILES string of the molecule is OC(c1cc2cc(F)ccc2o1)C1CC2CCC1O2. The van der Waals surface area contributed by atoms with E-state index in [2.05, 4.69) is 0 Å². The van der Waals surface area contributed by atoms with Gasteiger partial charge in [0, 0.05) is 11.3 Å². The Kier molecular flexibility index (Phi) is 2.44. The zero-order valence-corrected chi connectivity index (χ0v) is 10.4. The van der Waals surface area contributed by atoms with E-state index in [1.54, 1.807) is 12.1 Å². The van der Waals surface area contributed by atoms with E-state index in [0.29, 0.717) is 22.8 Å². The van der Waals surface area contributed by atoms with Crippen LogP contribution in [0, 0.1) is 11.7 Å². The summed E-state index contributed by atoms with van der Waals surface area (Å²) < 4.78 is 24.5. The van der Waals surface area contributed by atoms with Crippen molar-refractivity contribution in [1.29, 1.82) is 0 Å². The van der Waals surface area contributed by atoms with Gasteiger partial charge in [0.15, 0.2) is 0 Å². The molecule has 2 bridgehead atoms. The summed E-state index contributed by atoms with van der Waals surface area (Å²) in [6, 6.07) is 6.11. The Labute approximate surface area is 110 Å². The van der Waals surface area contributed by atoms with Gasteiger partial charge in [0.05, 0.1) is 12.2 Å². The van der Waals surface area contributed by atoms with Gasteiger partial charge in [-0.05, 0) is 43.5 Å². The maximum Gasteiger partial charge on any atom is 0.134 e. The third kappa shape index (κ3) is 1.78. The van der Waals surface area contributed by atoms with E-state index >= 15 is 0 Å². The third-order valence-corrected chi connectivity index (χ3v) is 4.35. The van der Waals surface area contributed by atoms with Gasteiger partial charge in [-0.1, -0.05) is 0 Å². The molecular formula is C15H15FO3. The molecule has 0 radical (unpaired) electrons. The van der Waals surface area contributed by atoms with Crippen molar-refractivity contribution >= 4 is 11.0 Å². The van der Waals surface area contributed by atoms with Crippen LogP contribution in [0.4, 0.5) is 4.39 Å². The fourth-order valence-electron chi connectivity index (χ4n) is 3.40. The van der Waals surface area contributed by atoms with E-state index in [9.17, 15) is 9.50 Å². The van der Waals surface area contributed by atoms with Crippen LogP contribution in [0.1, 0.15) is 31.1 Å². The normalized spacial score (nSPS) is 31.2. The van der Waals surface area contributed by atoms with Crippen LogP contribution in [-0.4, -0.2) is 17.3 Å². The summed E-state index contributed by atoms with van der Waals surface area (Å²) >= 11 is 0. The van der Waals surface area contributed by atoms with Gasteiger partial charge in [0.1, 0.15) is 23.3 Å². The number of aliphatic hydroxyl groups excluding tert-OH is 1. The van der Waals surface area contributed by atoms with Crippen molar-refractivity contribution in [3.05, 3.63) is 35.8 Å². The molecule has 19 heavy (non-hydrogen) atoms. The van der Waals surface area contributed by atoms with E-state index in [0.717, 1.165) is 19.3 Å². The largest absolute Gasteiger partial charge is 0.458 e. The van der Waals surface area contributed by atoms with Gasteiger partial charge in [-0.25, -0.2) is 4.39 Å². The molecule has 0 aliphatic carbocycles. The van der Waals surface area contributed by atoms with Gasteiger partial charge in [0.25, 0.3) is 0 Å². The first kappa shape index (κ1) is 11.4. The molecule has 4 unspecified atom stereocenters. The van der Waals surface area contributed by atoms with Crippen LogP contribution in [0.25, 0.3) is 11.0 Å². The first-order valence-corrected chi connectivity index (χ1v) is 6.73. The minimum Gasteiger partial charge on any atom is -0.458 e. The Morgan fingerprint density at radius 1 is 1.26 bits per heavy atom. The van der Waals surface area contributed by atoms with Crippen LogP contribution >= 0.6 is 0 Å². The van der Waals surface area contributed by atoms with Gasteiger partial charge >= 0.3 is 0 Å². The molecule has 2 fully saturated rings. The fourth-order valence-corrected chi connectivity index (χ4v) is 3.40. The maximum absolute atomic E-state index is 13.1. The Balaban J connectivity index is 1.66. The minimum absolute atomic E-state index is 0.101. The Morgan fingerprint density at radius 3 is 2.89 bits per heavy atom. The lowest BCUT2D eigenvalue weighted by atomic mass is 9.84. The molecule has 1 aromatic carbocycles. The van der Waals surface area contributed by atoms with Gasteiger partial charge < -0.3 is 14.3 Å². The summed E-state index contributed by atoms with van der Waals surface area (Å²) in [4.78, 5) is 0. The number of hydrogen-bond donors (Lipinski definition) is 1. The molecule has 4 rings (SSSR count). The first-order valence-electron chi connectivity index (χ1n) is 6.73. The van der Waals surface area contributed by atoms with E-state index < -0.39 is 6.10 Å². The van der Waals surface area contributed by atoms with Crippen LogP contribution in [0.15, 0.2) is 28.7 Å². The number of hydrogen-bond acceptors (Lipinski definition) is 3. The van der Waals surface area contributed by atoms with Crippen LogP contribution in [-0.2, 0) is 4.74 Å². The molecule has 0 amide bonds. The summed E-state index contributed by atoms with van der Waals surface area (Å²) in [5, 5.41) is 11.1. The Hall–Kier alpha value is -1.39. The minimum atomic E-state index is -0.661. The number of furan rings is 1. The fraction of sp³-hybridized carbons (Fsp3) is 0.467. The lowest BCUT2D eigenvalue weighted by Crippen LogP contribution is -2.23. The van der Waals surface area contributed by atoms with Crippen LogP contribution in [0.5, 0.6) is 0 Å². The summed E-state index contributed by atoms with van der Waals surface area (Å²) in [5.41, 5.74) is 0.611. The van der Waals surface area contributed by atoms with E-state index in [1.807, 2.05) is 0 Å². The Bertz CT molecular complexity index is 621. The second-order valence-corrected chi connectivity index (χ2v) is 5.55. The third-order valence-electron chi connectivity index (χ3n) is 4.35. The molecular weight excluding hydrogens is 247 g/mol. The molecule has 100 valence electrons. The molecule has 1 aromatic heterocycles. The predicted octanol–water partition coefficient (Wildman–Crippen LogP) is 3.17. The highest BCUT2D eigenvalue weighted by Gasteiger charge is 2.45. The van der Waals surface area contributed by atoms with Crippen LogP contribution in [0.2, 0.25) is 0 Å². The second-order valence-electron chi connectivity index (χ2n) is 5.55. The molecule has 2 aliphatic heterocycles. The lowest BCUT2D eigenvalue weighted by Gasteiger charge is -2.22. The van der Waals surface area contributed by atoms with Gasteiger partial charge in [-0.3, -0.25) is 0 Å². The number of aliphatic hydroxyl groups is 1. The number of ether oxygens (including phenoxy) is 1. The van der Waals surface area contributed by atoms with Crippen molar-refractivity contribution in [3.63, 3.8) is 0 Å². The van der Waals surface area contributed by atoms with Crippen molar-refractivity contribution < 1.29 is 18.7 Å². The molecule has 3 nitrogen and oxygen atoms in total. The number of rotatable bonds is 2. The highest BCUT2D eigenvalue weighted by molar-refractivity contribution is 5.77. The number of fused-ring (bicyclic) bond motifs is 3. The average molecular weight is 262 g/mol. The highest BCUT2D eigenvalue weighted by Crippen LogP contribution is 2.45. The van der Waals surface area contributed by atoms with Crippen molar-refractivity contribution in [2.75, 3.05) is 0 Å². The molecule has 3 heterocycles. The van der Waals surface area contributed by atoms with Crippen molar-refractivity contribution in [3.8, 4) is 0 Å². The van der Waals surface area contributed by atoms with Gasteiger partial charge in [-0.15, -0.1) is 0 Å². The maximum atomic E-state index is 13.1. The molecule has 0 saturated carbocycles. The van der Waals surface area contributed by atoms with E-state index in [-0.39, 0.29) is 17.8 Å². The van der Waals surface area contributed by atoms with Crippen LogP contribution < -0.4 is 0 Å². The predicted molar refractivity (Wildman–Crippen MR) is 67.1 cm³/mol. The van der Waals surface area contributed by atoms with Crippen molar-refractivity contribution in [2.24, 2.45) is 5.92 Å². The van der Waals surface area contributed by atoms with E-state index in [4.69, 9.17) is 9.15 Å². The summed E-state index contributed by atoms with van der Waals surface area (Å²) in [6.07, 6.45) is 2.78. The lowest BCUT2D eigenvalue weighted by molar-refractivity contribution is 0.0323. The second kappa shape index (κ2) is 4.05. The topological polar surface area (TPSA) is 42.6 Å². The Morgan fingerprint density at radius 2 is 2.16 bits per heavy atom. The molecule has 2 saturated heterocycles. The smallest absolute Gasteiger partial charge is 0.134 e. The number of benzene rings is 1. The van der Waals surface area contributed by atoms with E-state index in [1.165, 1.54) is 12.1 Å². The molecule has 0 spiro atoms. The number of halogens is 1. The van der Waals surface area contributed by atoms with Crippen molar-refractivity contribution in [1.82, 2.24) is 0 Å². The summed E-state index contributed by atoms with van der Waals surface area (Å²) in [5.74, 6) is 0.323. The van der Waals surface area contributed by atoms with Gasteiger partial charge in [-0.2, -0.15) is 0 Å². The van der Waals surface area contributed by atoms with Crippen molar-refractivity contribution in [2.45, 2.75) is 37.6 Å². The molecule has 2 aliphatic rings. The zero-order valence-electron chi connectivity index (χ0n) is 10.4. The molecule has 2 aromatic rings. The monoisotopic (exact) mass is 262 g/mol. The quantitative estimate of drug-likeness (QED) is 0.904. The van der Waals surface area contributed by atoms with Crippen LogP contribution in [0.3, 0.4) is 0 Å². The standard InChI is InChI=1S/C15H15FO3/c16-9-1-3-12-8(5-9)6-14(19-12)15(17)11-7-10-2-4-13(11)18-10/h1,3,5-6,10-11,13,15,17H,2,4,7H2. The first-order chi connectivity index (χ1) is 9.20. The molecule has 4 atom stereocenters. The molecule has 4 heteroatoms. The summed E-state index contributed by atoms with van der Waals surface area (Å²) in [7, 11) is 0. The summed E-state index contributed by atoms with van der Waals surface area (Å²) in [6.45, 7) is 0. The van der Waals surface area contributed by atoms with Gasteiger partial charge in [0.2, 0.25) is 0 Å². The highest BCUT2D eigenvalue weighted by atomic mass is 19.1. The molecule has 1 N–H and O–H groups in total. The zero-order chi connectivity index (χ0) is 13.0. The average Bonchev–Trinajstić information content (AvgIpc) is 3.11.